The summed E-state index contributed by atoms with van der Waals surface area (Å²) in [6.45, 7) is 11.0. The number of rotatable bonds is 21. The molecule has 0 aromatic carbocycles. The number of esters is 1. The average Bonchev–Trinajstić information content (AvgIpc) is 0.673. The van der Waals surface area contributed by atoms with Crippen LogP contribution < -0.4 is 0 Å². The molecule has 8 aliphatic heterocycles. The van der Waals surface area contributed by atoms with Crippen LogP contribution in [0.1, 0.15) is 120 Å². The second-order valence-electron chi connectivity index (χ2n) is 36.5. The van der Waals surface area contributed by atoms with Crippen LogP contribution in [0.15, 0.2) is 11.6 Å². The minimum absolute atomic E-state index is 0.00362. The van der Waals surface area contributed by atoms with E-state index in [0.717, 1.165) is 5.57 Å². The highest BCUT2D eigenvalue weighted by Gasteiger charge is 2.71. The Kier molecular flexibility index (Phi) is 27.8. The Morgan fingerprint density at radius 1 is 0.414 bits per heavy atom. The van der Waals surface area contributed by atoms with Crippen LogP contribution >= 0.6 is 0 Å². The molecule has 47 atom stereocenters. The lowest BCUT2D eigenvalue weighted by Gasteiger charge is -2.71. The van der Waals surface area contributed by atoms with Gasteiger partial charge in [-0.05, 0) is 117 Å². The summed E-state index contributed by atoms with van der Waals surface area (Å²) in [5.74, 6) is -1.22. The molecule has 13 aliphatic rings. The maximum absolute atomic E-state index is 15.3. The van der Waals surface area contributed by atoms with Crippen molar-refractivity contribution in [2.24, 2.45) is 50.2 Å². The van der Waals surface area contributed by atoms with Gasteiger partial charge in [-0.15, -0.1) is 0 Å². The van der Waals surface area contributed by atoms with Crippen molar-refractivity contribution in [3.63, 3.8) is 0 Å². The standard InChI is InChI=1S/C76H124O40/c1-27-40(83)46(89)52(95)64(104-27)114-60-56(99)68(108-35(22-79)58(60)112-65-54(97)49(92)57(34(21-78)107-65)111-63-50(93)42(85)31(81)23-101-63)113-59-41(84)28(2)105-67(55(59)98)115-61-43(86)32(82)24-102-69(61)110-39-12-13-72(5)37(73(39,6)26-80)11-14-75(8)38(72)10-9-29-30-19-71(3,4)15-17-76(30,18-16-74(29,75)7)70(100)116-66-53(96)48(91)45(88)36(109-66)25-103-62-51(94)47(90)44(87)33(20-77)106-62/h9,27-28,30-69,77-99H,10-26H2,1-8H3/t27-,28-,30-,31+,32-,33+,34+,35+,36+,37+,38+,39-,40-,41-,42-,43-,44+,45+,46+,47-,48-,49+,50+,51+,52+,53+,54+,55+,56+,57+,58+,59+,60+,61+,62+,63-,64-,65-,66-,67-,68-,69-,72-,73-,74+,75+,76-/m0/s1. The van der Waals surface area contributed by atoms with Gasteiger partial charge in [-0.25, -0.2) is 0 Å². The van der Waals surface area contributed by atoms with Crippen molar-refractivity contribution in [2.45, 2.75) is 359 Å². The summed E-state index contributed by atoms with van der Waals surface area (Å²) in [4.78, 5) is 15.3. The molecule has 5 aliphatic carbocycles. The molecule has 0 aromatic heterocycles. The van der Waals surface area contributed by atoms with Crippen molar-refractivity contribution in [1.82, 2.24) is 0 Å². The zero-order valence-electron chi connectivity index (χ0n) is 66.1. The number of carbonyl (C=O) groups excluding carboxylic acids is 1. The summed E-state index contributed by atoms with van der Waals surface area (Å²) in [5, 5.41) is 254. The van der Waals surface area contributed by atoms with Crippen LogP contribution in [-0.4, -0.2) is 409 Å². The Morgan fingerprint density at radius 3 is 1.56 bits per heavy atom. The Hall–Kier alpha value is -2.31. The van der Waals surface area contributed by atoms with E-state index in [4.69, 9.17) is 75.8 Å². The van der Waals surface area contributed by atoms with Crippen molar-refractivity contribution < 1.29 is 198 Å². The molecular weight excluding hydrogens is 1550 g/mol. The van der Waals surface area contributed by atoms with Gasteiger partial charge in [0.1, 0.15) is 171 Å². The van der Waals surface area contributed by atoms with Crippen molar-refractivity contribution >= 4 is 5.97 Å². The summed E-state index contributed by atoms with van der Waals surface area (Å²) in [6, 6.07) is 0. The Balaban J connectivity index is 0.696. The van der Waals surface area contributed by atoms with E-state index >= 15 is 4.79 Å². The van der Waals surface area contributed by atoms with E-state index in [1.807, 2.05) is 6.92 Å². The van der Waals surface area contributed by atoms with E-state index < -0.39 is 312 Å². The predicted molar refractivity (Wildman–Crippen MR) is 380 cm³/mol. The summed E-state index contributed by atoms with van der Waals surface area (Å²) >= 11 is 0. The molecular formula is C76H124O40. The Labute approximate surface area is 669 Å². The zero-order chi connectivity index (χ0) is 84.4. The molecule has 40 nitrogen and oxygen atoms in total. The highest BCUT2D eigenvalue weighted by atomic mass is 16.8. The first-order valence-corrected chi connectivity index (χ1v) is 40.6. The molecule has 116 heavy (non-hydrogen) atoms. The second kappa shape index (κ2) is 35.3. The molecule has 12 fully saturated rings. The van der Waals surface area contributed by atoms with Gasteiger partial charge in [-0.2, -0.15) is 0 Å². The van der Waals surface area contributed by atoms with Crippen LogP contribution in [0.3, 0.4) is 0 Å². The molecule has 668 valence electrons. The summed E-state index contributed by atoms with van der Waals surface area (Å²) in [5.41, 5.74) is -2.62. The monoisotopic (exact) mass is 1680 g/mol. The SMILES string of the molecule is C[C@@H]1O[C@@H](O[C@@H]2[C@@H](O)[C@H](O[C@@H]3[C@@H](O)[C@H](C)O[C@@H](O[C@H]4[C@H](O[C@H]5CC[C@@]6(C)[C@@H](CC[C@]7(C)[C@@H]6CC=C6[C@@H]8CC(C)(C)CC[C@]8(C(=O)O[C@@H]8O[C@H](CO[C@@H]9O[C@H](CO)[C@@H](O)[C@H](O)[C@H]9O)[C@@H](O)[C@H](O)[C@H]8O)CC[C@]67C)[C@]5(C)CO)OC[C@H](O)[C@@H]4O)[C@@H]3O)O[C@H](CO)[C@H]2O[C@@H]2O[C@H](CO)[C@@H](O[C@@H]3OC[C@@H](O)[C@H](O)[C@H]3O)[C@H](O)[C@H]2O)[C@H](O)[C@H](O)[C@H]1O. The summed E-state index contributed by atoms with van der Waals surface area (Å²) < 4.78 is 95.9. The Bertz CT molecular complexity index is 3310. The number of hydrogen-bond donors (Lipinski definition) is 23. The fraction of sp³-hybridized carbons (Fsp3) is 0.961. The highest BCUT2D eigenvalue weighted by molar-refractivity contribution is 5.79. The van der Waals surface area contributed by atoms with Gasteiger partial charge in [0.25, 0.3) is 0 Å². The molecule has 4 saturated carbocycles. The van der Waals surface area contributed by atoms with Crippen molar-refractivity contribution in [3.05, 3.63) is 11.6 Å². The van der Waals surface area contributed by atoms with Crippen molar-refractivity contribution in [3.8, 4) is 0 Å². The number of aliphatic hydroxyl groups excluding tert-OH is 23. The van der Waals surface area contributed by atoms with Gasteiger partial charge in [0.2, 0.25) is 6.29 Å². The molecule has 0 amide bonds. The van der Waals surface area contributed by atoms with E-state index in [1.165, 1.54) is 13.8 Å². The van der Waals surface area contributed by atoms with Gasteiger partial charge in [0.05, 0.1) is 70.0 Å². The number of carbonyl (C=O) groups is 1. The van der Waals surface area contributed by atoms with E-state index in [0.29, 0.717) is 64.2 Å². The molecule has 8 heterocycles. The van der Waals surface area contributed by atoms with E-state index in [-0.39, 0.29) is 29.8 Å². The van der Waals surface area contributed by atoms with E-state index in [1.54, 1.807) is 0 Å². The third-order valence-electron chi connectivity index (χ3n) is 29.1. The topological polar surface area (TPSA) is 630 Å². The van der Waals surface area contributed by atoms with Crippen LogP contribution in [0.4, 0.5) is 0 Å². The van der Waals surface area contributed by atoms with Gasteiger partial charge in [-0.1, -0.05) is 53.2 Å². The number of ether oxygens (including phenoxy) is 16. The molecule has 40 heteroatoms. The van der Waals surface area contributed by atoms with Gasteiger partial charge < -0.3 is 193 Å². The first-order chi connectivity index (χ1) is 54.6. The van der Waals surface area contributed by atoms with Gasteiger partial charge in [0.15, 0.2) is 44.0 Å². The smallest absolute Gasteiger partial charge is 0.315 e. The minimum atomic E-state index is -2.25. The molecule has 0 aromatic rings. The largest absolute Gasteiger partial charge is 0.432 e. The van der Waals surface area contributed by atoms with Gasteiger partial charge in [-0.3, -0.25) is 4.79 Å². The lowest BCUT2D eigenvalue weighted by atomic mass is 9.33. The molecule has 0 spiro atoms. The molecule has 23 N–H and O–H groups in total. The lowest BCUT2D eigenvalue weighted by Crippen LogP contribution is -2.69. The first-order valence-electron chi connectivity index (χ1n) is 40.6. The summed E-state index contributed by atoms with van der Waals surface area (Å²) in [6.07, 6.45) is -61.5. The average molecular weight is 1680 g/mol. The van der Waals surface area contributed by atoms with Crippen molar-refractivity contribution in [1.29, 1.82) is 0 Å². The first kappa shape index (κ1) is 91.4. The third-order valence-corrected chi connectivity index (χ3v) is 29.1. The minimum Gasteiger partial charge on any atom is -0.432 e. The van der Waals surface area contributed by atoms with Crippen LogP contribution in [0, 0.1) is 50.2 Å². The third kappa shape index (κ3) is 16.2. The maximum atomic E-state index is 15.3. The number of aliphatic hydroxyl groups is 23. The highest BCUT2D eigenvalue weighted by Crippen LogP contribution is 2.76. The summed E-state index contributed by atoms with van der Waals surface area (Å²) in [7, 11) is 0. The van der Waals surface area contributed by atoms with Gasteiger partial charge in [0, 0.05) is 5.41 Å². The fourth-order valence-corrected chi connectivity index (χ4v) is 21.7. The lowest BCUT2D eigenvalue weighted by molar-refractivity contribution is -0.406. The van der Waals surface area contributed by atoms with Gasteiger partial charge >= 0.3 is 5.97 Å². The van der Waals surface area contributed by atoms with E-state index in [9.17, 15) is 117 Å². The zero-order valence-corrected chi connectivity index (χ0v) is 66.1. The number of allylic oxidation sites excluding steroid dienone is 2. The second-order valence-corrected chi connectivity index (χ2v) is 36.5. The van der Waals surface area contributed by atoms with Crippen LogP contribution in [0.25, 0.3) is 0 Å². The maximum Gasteiger partial charge on any atom is 0.315 e. The quantitative estimate of drug-likeness (QED) is 0.0288. The molecule has 8 saturated heterocycles. The van der Waals surface area contributed by atoms with E-state index in [2.05, 4.69) is 40.7 Å². The Morgan fingerprint density at radius 2 is 0.905 bits per heavy atom. The predicted octanol–water partition coefficient (Wildman–Crippen LogP) is -8.43. The van der Waals surface area contributed by atoms with Crippen LogP contribution in [0.5, 0.6) is 0 Å². The molecule has 13 rings (SSSR count). The molecule has 0 unspecified atom stereocenters. The van der Waals surface area contributed by atoms with Crippen LogP contribution in [0.2, 0.25) is 0 Å². The molecule has 0 radical (unpaired) electrons. The fourth-order valence-electron chi connectivity index (χ4n) is 21.7. The van der Waals surface area contributed by atoms with Crippen molar-refractivity contribution in [2.75, 3.05) is 46.2 Å². The number of fused-ring (bicyclic) bond motifs is 7. The van der Waals surface area contributed by atoms with Crippen LogP contribution in [-0.2, 0) is 80.6 Å². The normalized spacial score (nSPS) is 55.1. The molecule has 0 bridgehead atoms. The number of hydrogen-bond acceptors (Lipinski definition) is 40.